The van der Waals surface area contributed by atoms with Gasteiger partial charge in [0.05, 0.1) is 6.61 Å². The Morgan fingerprint density at radius 2 is 2.00 bits per heavy atom. The molecule has 0 saturated heterocycles. The normalized spacial score (nSPS) is 10.7. The molecule has 1 rings (SSSR count). The van der Waals surface area contributed by atoms with E-state index >= 15 is 0 Å². The maximum Gasteiger partial charge on any atom is 0.136 e. The summed E-state index contributed by atoms with van der Waals surface area (Å²) < 4.78 is 5.52. The number of ether oxygens (including phenoxy) is 1. The van der Waals surface area contributed by atoms with Crippen molar-refractivity contribution < 1.29 is 4.74 Å². The average Bonchev–Trinajstić information content (AvgIpc) is 2.26. The molecule has 1 heterocycles. The van der Waals surface area contributed by atoms with Crippen LogP contribution in [0.5, 0.6) is 0 Å². The van der Waals surface area contributed by atoms with Gasteiger partial charge in [0.25, 0.3) is 0 Å². The van der Waals surface area contributed by atoms with E-state index < -0.39 is 0 Å². The molecular weight excluding hydrogens is 245 g/mol. The second-order valence-electron chi connectivity index (χ2n) is 3.70. The van der Waals surface area contributed by atoms with E-state index in [4.69, 9.17) is 27.9 Å². The first-order valence-corrected chi connectivity index (χ1v) is 6.38. The smallest absolute Gasteiger partial charge is 0.136 e. The molecule has 0 spiro atoms. The molecule has 0 bridgehead atoms. The Kier molecular flexibility index (Phi) is 6.78. The fourth-order valence-electron chi connectivity index (χ4n) is 1.36. The number of unbranched alkanes of at least 4 members (excludes halogenated alkanes) is 3. The van der Waals surface area contributed by atoms with Crippen molar-refractivity contribution in [1.82, 2.24) is 4.98 Å². The van der Waals surface area contributed by atoms with Crippen molar-refractivity contribution in [2.24, 2.45) is 0 Å². The van der Waals surface area contributed by atoms with Gasteiger partial charge in [0, 0.05) is 12.2 Å². The molecule has 4 heteroatoms. The lowest BCUT2D eigenvalue weighted by molar-refractivity contribution is 0.116. The zero-order valence-corrected chi connectivity index (χ0v) is 11.0. The summed E-state index contributed by atoms with van der Waals surface area (Å²) in [7, 11) is 0. The predicted molar refractivity (Wildman–Crippen MR) is 68.1 cm³/mol. The maximum absolute atomic E-state index is 5.92. The van der Waals surface area contributed by atoms with Gasteiger partial charge in [-0.15, -0.1) is 0 Å². The van der Waals surface area contributed by atoms with Crippen LogP contribution in [-0.2, 0) is 11.3 Å². The van der Waals surface area contributed by atoms with Gasteiger partial charge in [-0.1, -0.05) is 55.5 Å². The molecule has 1 aromatic heterocycles. The van der Waals surface area contributed by atoms with E-state index in [1.807, 2.05) is 6.07 Å². The van der Waals surface area contributed by atoms with Crippen LogP contribution in [0.1, 0.15) is 38.2 Å². The van der Waals surface area contributed by atoms with Gasteiger partial charge in [-0.25, -0.2) is 4.98 Å². The summed E-state index contributed by atoms with van der Waals surface area (Å²) in [5, 5.41) is 0.845. The summed E-state index contributed by atoms with van der Waals surface area (Å²) in [6, 6.07) is 3.58. The van der Waals surface area contributed by atoms with Crippen LogP contribution < -0.4 is 0 Å². The molecule has 0 unspecified atom stereocenters. The highest BCUT2D eigenvalue weighted by molar-refractivity contribution is 6.32. The van der Waals surface area contributed by atoms with Crippen LogP contribution in [0.4, 0.5) is 0 Å². The van der Waals surface area contributed by atoms with Gasteiger partial charge in [-0.2, -0.15) is 0 Å². The summed E-state index contributed by atoms with van der Waals surface area (Å²) >= 11 is 11.6. The van der Waals surface area contributed by atoms with Gasteiger partial charge in [0.1, 0.15) is 10.3 Å². The molecule has 0 radical (unpaired) electrons. The molecule has 2 nitrogen and oxygen atoms in total. The summed E-state index contributed by atoms with van der Waals surface area (Å²) in [6.45, 7) is 3.48. The molecule has 0 fully saturated rings. The molecule has 0 aliphatic carbocycles. The molecule has 0 saturated carbocycles. The molecule has 16 heavy (non-hydrogen) atoms. The van der Waals surface area contributed by atoms with E-state index in [0.29, 0.717) is 16.9 Å². The number of nitrogens with zero attached hydrogens (tertiary/aromatic N) is 1. The fourth-order valence-corrected chi connectivity index (χ4v) is 1.76. The molecule has 0 aromatic carbocycles. The second-order valence-corrected chi connectivity index (χ2v) is 4.44. The Labute approximate surface area is 107 Å². The molecule has 90 valence electrons. The van der Waals surface area contributed by atoms with E-state index in [1.54, 1.807) is 6.07 Å². The molecule has 0 aliphatic heterocycles. The van der Waals surface area contributed by atoms with E-state index in [-0.39, 0.29) is 0 Å². The second kappa shape index (κ2) is 7.88. The summed E-state index contributed by atoms with van der Waals surface area (Å²) in [6.07, 6.45) is 4.84. The minimum absolute atomic E-state index is 0.414. The molecule has 0 amide bonds. The van der Waals surface area contributed by atoms with Crippen molar-refractivity contribution in [2.75, 3.05) is 6.61 Å². The average molecular weight is 262 g/mol. The predicted octanol–water partition coefficient (Wildman–Crippen LogP) is 4.49. The van der Waals surface area contributed by atoms with E-state index in [2.05, 4.69) is 11.9 Å². The zero-order chi connectivity index (χ0) is 11.8. The van der Waals surface area contributed by atoms with Gasteiger partial charge in [0.2, 0.25) is 0 Å². The van der Waals surface area contributed by atoms with Crippen molar-refractivity contribution in [3.05, 3.63) is 28.0 Å². The Balaban J connectivity index is 2.21. The van der Waals surface area contributed by atoms with E-state index in [1.165, 1.54) is 19.3 Å². The Morgan fingerprint density at radius 1 is 1.19 bits per heavy atom. The summed E-state index contributed by atoms with van der Waals surface area (Å²) in [4.78, 5) is 3.95. The minimum Gasteiger partial charge on any atom is -0.377 e. The first-order valence-electron chi connectivity index (χ1n) is 5.62. The minimum atomic E-state index is 0.414. The van der Waals surface area contributed by atoms with Gasteiger partial charge in [-0.05, 0) is 12.5 Å². The lowest BCUT2D eigenvalue weighted by Gasteiger charge is -2.05. The third-order valence-electron chi connectivity index (χ3n) is 2.29. The number of rotatable bonds is 7. The monoisotopic (exact) mass is 261 g/mol. The summed E-state index contributed by atoms with van der Waals surface area (Å²) in [5.74, 6) is 0. The quantitative estimate of drug-likeness (QED) is 0.533. The van der Waals surface area contributed by atoms with Crippen LogP contribution in [0.2, 0.25) is 10.3 Å². The van der Waals surface area contributed by atoms with Crippen LogP contribution in [0.3, 0.4) is 0 Å². The highest BCUT2D eigenvalue weighted by atomic mass is 35.5. The van der Waals surface area contributed by atoms with Crippen LogP contribution >= 0.6 is 23.2 Å². The van der Waals surface area contributed by atoms with Crippen molar-refractivity contribution >= 4 is 23.2 Å². The van der Waals surface area contributed by atoms with Crippen molar-refractivity contribution in [3.63, 3.8) is 0 Å². The highest BCUT2D eigenvalue weighted by Crippen LogP contribution is 2.17. The largest absolute Gasteiger partial charge is 0.377 e. The van der Waals surface area contributed by atoms with Crippen LogP contribution in [-0.4, -0.2) is 11.6 Å². The van der Waals surface area contributed by atoms with Gasteiger partial charge in [-0.3, -0.25) is 0 Å². The number of hydrogen-bond donors (Lipinski definition) is 0. The van der Waals surface area contributed by atoms with E-state index in [9.17, 15) is 0 Å². The number of hydrogen-bond acceptors (Lipinski definition) is 2. The van der Waals surface area contributed by atoms with Gasteiger partial charge < -0.3 is 4.74 Å². The summed E-state index contributed by atoms with van der Waals surface area (Å²) in [5.41, 5.74) is 0.890. The number of aromatic nitrogens is 1. The molecule has 1 aromatic rings. The van der Waals surface area contributed by atoms with Crippen molar-refractivity contribution in [1.29, 1.82) is 0 Å². The third kappa shape index (κ3) is 5.15. The van der Waals surface area contributed by atoms with Gasteiger partial charge in [0.15, 0.2) is 0 Å². The SMILES string of the molecule is CCCCCCOCc1ccc(Cl)nc1Cl. The van der Waals surface area contributed by atoms with Gasteiger partial charge >= 0.3 is 0 Å². The topological polar surface area (TPSA) is 22.1 Å². The molecular formula is C12H17Cl2NO. The Bertz CT molecular complexity index is 318. The van der Waals surface area contributed by atoms with Crippen LogP contribution in [0, 0.1) is 0 Å². The Morgan fingerprint density at radius 3 is 2.69 bits per heavy atom. The maximum atomic E-state index is 5.92. The first-order chi connectivity index (χ1) is 7.74. The third-order valence-corrected chi connectivity index (χ3v) is 2.83. The van der Waals surface area contributed by atoms with Crippen LogP contribution in [0.15, 0.2) is 12.1 Å². The molecule has 0 aliphatic rings. The lowest BCUT2D eigenvalue weighted by atomic mass is 10.2. The highest BCUT2D eigenvalue weighted by Gasteiger charge is 2.02. The number of halogens is 2. The lowest BCUT2D eigenvalue weighted by Crippen LogP contribution is -1.97. The number of pyridine rings is 1. The van der Waals surface area contributed by atoms with Crippen LogP contribution in [0.25, 0.3) is 0 Å². The standard InChI is InChI=1S/C12H17Cl2NO/c1-2-3-4-5-8-16-9-10-6-7-11(13)15-12(10)14/h6-7H,2-5,8-9H2,1H3. The van der Waals surface area contributed by atoms with Crippen molar-refractivity contribution in [2.45, 2.75) is 39.2 Å². The first kappa shape index (κ1) is 13.8. The molecule has 0 N–H and O–H groups in total. The zero-order valence-electron chi connectivity index (χ0n) is 9.51. The fraction of sp³-hybridized carbons (Fsp3) is 0.583. The van der Waals surface area contributed by atoms with E-state index in [0.717, 1.165) is 18.6 Å². The molecule has 0 atom stereocenters. The Hall–Kier alpha value is -0.310. The van der Waals surface area contributed by atoms with Crippen molar-refractivity contribution in [3.8, 4) is 0 Å².